The number of nitrogens with zero attached hydrogens (tertiary/aromatic N) is 2. The first-order valence-corrected chi connectivity index (χ1v) is 9.29. The van der Waals surface area contributed by atoms with Gasteiger partial charge in [-0.3, -0.25) is 4.79 Å². The summed E-state index contributed by atoms with van der Waals surface area (Å²) in [5, 5.41) is 13.0. The van der Waals surface area contributed by atoms with E-state index in [1.54, 1.807) is 13.2 Å². The number of aromatic nitrogens is 1. The number of hydrogen-bond donors (Lipinski definition) is 1. The molecule has 1 aliphatic rings. The minimum absolute atomic E-state index is 0.251. The van der Waals surface area contributed by atoms with Crippen LogP contribution in [0.15, 0.2) is 35.4 Å². The van der Waals surface area contributed by atoms with Gasteiger partial charge in [-0.1, -0.05) is 12.1 Å². The van der Waals surface area contributed by atoms with E-state index >= 15 is 0 Å². The molecule has 5 nitrogen and oxygen atoms in total. The molecule has 0 spiro atoms. The Labute approximate surface area is 151 Å². The van der Waals surface area contributed by atoms with Crippen molar-refractivity contribution in [3.05, 3.63) is 52.7 Å². The molecule has 2 aromatic rings. The second-order valence-corrected chi connectivity index (χ2v) is 6.69. The average Bonchev–Trinajstić information content (AvgIpc) is 3.50. The summed E-state index contributed by atoms with van der Waals surface area (Å²) in [6.45, 7) is 0.372. The van der Waals surface area contributed by atoms with E-state index in [1.807, 2.05) is 30.5 Å². The SMILES string of the molecule is COc1cccc(CNC(=O)c2cc(C3CC3)nc(SC)c2C#N)c1. The largest absolute Gasteiger partial charge is 0.497 e. The average molecular weight is 353 g/mol. The van der Waals surface area contributed by atoms with Crippen molar-refractivity contribution in [1.29, 1.82) is 5.26 Å². The van der Waals surface area contributed by atoms with Crippen LogP contribution in [0, 0.1) is 11.3 Å². The Balaban J connectivity index is 1.83. The summed E-state index contributed by atoms with van der Waals surface area (Å²) >= 11 is 1.40. The predicted molar refractivity (Wildman–Crippen MR) is 96.9 cm³/mol. The molecule has 1 aromatic carbocycles. The standard InChI is InChI=1S/C19H19N3O2S/c1-24-14-5-3-4-12(8-14)11-21-18(23)15-9-17(13-6-7-13)22-19(25-2)16(15)10-20/h3-5,8-9,13H,6-7,11H2,1-2H3,(H,21,23). The van der Waals surface area contributed by atoms with Crippen LogP contribution >= 0.6 is 11.8 Å². The maximum Gasteiger partial charge on any atom is 0.253 e. The van der Waals surface area contributed by atoms with Crippen molar-refractivity contribution < 1.29 is 9.53 Å². The predicted octanol–water partition coefficient (Wildman–Crippen LogP) is 3.49. The van der Waals surface area contributed by atoms with Crippen molar-refractivity contribution in [2.45, 2.75) is 30.3 Å². The zero-order valence-corrected chi connectivity index (χ0v) is 15.0. The maximum absolute atomic E-state index is 12.7. The molecule has 0 atom stereocenters. The highest BCUT2D eigenvalue weighted by atomic mass is 32.2. The monoisotopic (exact) mass is 353 g/mol. The fraction of sp³-hybridized carbons (Fsp3) is 0.316. The second kappa shape index (κ2) is 7.58. The van der Waals surface area contributed by atoms with E-state index in [0.717, 1.165) is 29.8 Å². The van der Waals surface area contributed by atoms with Crippen LogP contribution in [-0.2, 0) is 6.54 Å². The number of amides is 1. The summed E-state index contributed by atoms with van der Waals surface area (Å²) in [7, 11) is 1.61. The summed E-state index contributed by atoms with van der Waals surface area (Å²) in [6, 6.07) is 11.4. The van der Waals surface area contributed by atoms with Gasteiger partial charge in [0.15, 0.2) is 0 Å². The van der Waals surface area contributed by atoms with Crippen LogP contribution in [0.3, 0.4) is 0 Å². The molecular weight excluding hydrogens is 334 g/mol. The zero-order valence-electron chi connectivity index (χ0n) is 14.2. The van der Waals surface area contributed by atoms with Crippen molar-refractivity contribution in [2.75, 3.05) is 13.4 Å². The van der Waals surface area contributed by atoms with Crippen LogP contribution in [0.1, 0.15) is 45.9 Å². The molecular formula is C19H19N3O2S. The Morgan fingerprint density at radius 3 is 2.88 bits per heavy atom. The number of methoxy groups -OCH3 is 1. The fourth-order valence-corrected chi connectivity index (χ4v) is 3.18. The van der Waals surface area contributed by atoms with Crippen LogP contribution < -0.4 is 10.1 Å². The molecule has 0 radical (unpaired) electrons. The number of nitriles is 1. The van der Waals surface area contributed by atoms with Crippen molar-refractivity contribution in [3.8, 4) is 11.8 Å². The number of carbonyl (C=O) groups excluding carboxylic acids is 1. The molecule has 128 valence electrons. The van der Waals surface area contributed by atoms with Crippen molar-refractivity contribution in [2.24, 2.45) is 0 Å². The third kappa shape index (κ3) is 3.94. The number of thioether (sulfide) groups is 1. The number of carbonyl (C=O) groups is 1. The Kier molecular flexibility index (Phi) is 5.25. The highest BCUT2D eigenvalue weighted by molar-refractivity contribution is 7.98. The van der Waals surface area contributed by atoms with E-state index < -0.39 is 0 Å². The van der Waals surface area contributed by atoms with E-state index in [-0.39, 0.29) is 5.91 Å². The molecule has 3 rings (SSSR count). The molecule has 25 heavy (non-hydrogen) atoms. The molecule has 0 aliphatic heterocycles. The minimum Gasteiger partial charge on any atom is -0.497 e. The lowest BCUT2D eigenvalue weighted by Crippen LogP contribution is -2.24. The van der Waals surface area contributed by atoms with E-state index in [1.165, 1.54) is 11.8 Å². The highest BCUT2D eigenvalue weighted by Gasteiger charge is 2.28. The van der Waals surface area contributed by atoms with Crippen molar-refractivity contribution in [3.63, 3.8) is 0 Å². The van der Waals surface area contributed by atoms with Crippen LogP contribution in [0.4, 0.5) is 0 Å². The first-order chi connectivity index (χ1) is 12.2. The maximum atomic E-state index is 12.7. The normalized spacial score (nSPS) is 13.2. The van der Waals surface area contributed by atoms with Gasteiger partial charge in [-0.15, -0.1) is 11.8 Å². The molecule has 1 amide bonds. The van der Waals surface area contributed by atoms with Gasteiger partial charge in [0.1, 0.15) is 16.8 Å². The van der Waals surface area contributed by atoms with Gasteiger partial charge in [-0.25, -0.2) is 4.98 Å². The Bertz CT molecular complexity index is 841. The van der Waals surface area contributed by atoms with Gasteiger partial charge in [-0.2, -0.15) is 5.26 Å². The van der Waals surface area contributed by atoms with Crippen LogP contribution in [0.5, 0.6) is 5.75 Å². The molecule has 0 bridgehead atoms. The van der Waals surface area contributed by atoms with Crippen molar-refractivity contribution >= 4 is 17.7 Å². The van der Waals surface area contributed by atoms with E-state index in [4.69, 9.17) is 4.74 Å². The fourth-order valence-electron chi connectivity index (χ4n) is 2.62. The van der Waals surface area contributed by atoms with E-state index in [0.29, 0.717) is 28.6 Å². The molecule has 1 aromatic heterocycles. The lowest BCUT2D eigenvalue weighted by molar-refractivity contribution is 0.0950. The molecule has 0 unspecified atom stereocenters. The van der Waals surface area contributed by atoms with Crippen LogP contribution in [0.25, 0.3) is 0 Å². The second-order valence-electron chi connectivity index (χ2n) is 5.90. The molecule has 1 aliphatic carbocycles. The first-order valence-electron chi connectivity index (χ1n) is 8.06. The van der Waals surface area contributed by atoms with E-state index in [9.17, 15) is 10.1 Å². The number of ether oxygens (including phenoxy) is 1. The number of hydrogen-bond acceptors (Lipinski definition) is 5. The minimum atomic E-state index is -0.251. The number of rotatable bonds is 6. The molecule has 1 heterocycles. The summed E-state index contributed by atoms with van der Waals surface area (Å²) in [4.78, 5) is 17.2. The molecule has 1 N–H and O–H groups in total. The quantitative estimate of drug-likeness (QED) is 0.805. The summed E-state index contributed by atoms with van der Waals surface area (Å²) in [5.74, 6) is 0.914. The van der Waals surface area contributed by atoms with Gasteiger partial charge in [0.05, 0.1) is 18.2 Å². The van der Waals surface area contributed by atoms with Gasteiger partial charge in [-0.05, 0) is 42.9 Å². The van der Waals surface area contributed by atoms with Gasteiger partial charge in [0.2, 0.25) is 0 Å². The molecule has 0 saturated heterocycles. The Hall–Kier alpha value is -2.52. The smallest absolute Gasteiger partial charge is 0.253 e. The lowest BCUT2D eigenvalue weighted by Gasteiger charge is -2.11. The summed E-state index contributed by atoms with van der Waals surface area (Å²) in [6.07, 6.45) is 4.06. The van der Waals surface area contributed by atoms with Gasteiger partial charge in [0.25, 0.3) is 5.91 Å². The third-order valence-electron chi connectivity index (χ3n) is 4.14. The van der Waals surface area contributed by atoms with E-state index in [2.05, 4.69) is 16.4 Å². The number of pyridine rings is 1. The summed E-state index contributed by atoms with van der Waals surface area (Å²) in [5.41, 5.74) is 2.61. The molecule has 1 fully saturated rings. The Morgan fingerprint density at radius 1 is 1.44 bits per heavy atom. The van der Waals surface area contributed by atoms with Gasteiger partial charge < -0.3 is 10.1 Å². The molecule has 1 saturated carbocycles. The first kappa shape index (κ1) is 17.3. The number of benzene rings is 1. The van der Waals surface area contributed by atoms with Crippen LogP contribution in [-0.4, -0.2) is 24.3 Å². The summed E-state index contributed by atoms with van der Waals surface area (Å²) < 4.78 is 5.20. The molecule has 6 heteroatoms. The van der Waals surface area contributed by atoms with Gasteiger partial charge in [0, 0.05) is 18.2 Å². The number of nitrogens with one attached hydrogen (secondary N) is 1. The Morgan fingerprint density at radius 2 is 2.24 bits per heavy atom. The van der Waals surface area contributed by atoms with Crippen molar-refractivity contribution in [1.82, 2.24) is 10.3 Å². The highest BCUT2D eigenvalue weighted by Crippen LogP contribution is 2.40. The van der Waals surface area contributed by atoms with Crippen LogP contribution in [0.2, 0.25) is 0 Å². The lowest BCUT2D eigenvalue weighted by atomic mass is 10.1. The topological polar surface area (TPSA) is 75.0 Å². The van der Waals surface area contributed by atoms with Gasteiger partial charge >= 0.3 is 0 Å². The zero-order chi connectivity index (χ0) is 17.8. The third-order valence-corrected chi connectivity index (χ3v) is 4.82.